The summed E-state index contributed by atoms with van der Waals surface area (Å²) in [6.45, 7) is 8.54. The summed E-state index contributed by atoms with van der Waals surface area (Å²) < 4.78 is 0. The standard InChI is InChI=1S/C15H31N3/c1-13(12-18-10-8-16-9-11-18)15(17(2)3)14-6-4-5-7-14/h13-16H,4-12H2,1-3H3. The molecule has 1 saturated carbocycles. The Labute approximate surface area is 113 Å². The fourth-order valence-electron chi connectivity index (χ4n) is 4.10. The van der Waals surface area contributed by atoms with Crippen molar-refractivity contribution in [3.63, 3.8) is 0 Å². The molecule has 1 saturated heterocycles. The van der Waals surface area contributed by atoms with E-state index in [0.29, 0.717) is 0 Å². The summed E-state index contributed by atoms with van der Waals surface area (Å²) >= 11 is 0. The van der Waals surface area contributed by atoms with Crippen LogP contribution in [-0.4, -0.2) is 62.7 Å². The van der Waals surface area contributed by atoms with Crippen LogP contribution in [0.4, 0.5) is 0 Å². The van der Waals surface area contributed by atoms with E-state index in [9.17, 15) is 0 Å². The number of rotatable bonds is 5. The highest BCUT2D eigenvalue weighted by molar-refractivity contribution is 4.86. The molecule has 1 aliphatic carbocycles. The van der Waals surface area contributed by atoms with Gasteiger partial charge < -0.3 is 15.1 Å². The molecule has 18 heavy (non-hydrogen) atoms. The predicted molar refractivity (Wildman–Crippen MR) is 77.9 cm³/mol. The van der Waals surface area contributed by atoms with Gasteiger partial charge in [-0.05, 0) is 38.8 Å². The van der Waals surface area contributed by atoms with Crippen LogP contribution in [0, 0.1) is 11.8 Å². The van der Waals surface area contributed by atoms with Crippen LogP contribution in [0.2, 0.25) is 0 Å². The minimum Gasteiger partial charge on any atom is -0.314 e. The molecule has 0 amide bonds. The van der Waals surface area contributed by atoms with Crippen molar-refractivity contribution in [2.75, 3.05) is 46.8 Å². The van der Waals surface area contributed by atoms with Crippen LogP contribution in [0.3, 0.4) is 0 Å². The maximum Gasteiger partial charge on any atom is 0.0155 e. The lowest BCUT2D eigenvalue weighted by Gasteiger charge is -2.38. The van der Waals surface area contributed by atoms with Gasteiger partial charge in [-0.15, -0.1) is 0 Å². The van der Waals surface area contributed by atoms with Gasteiger partial charge in [-0.25, -0.2) is 0 Å². The van der Waals surface area contributed by atoms with Crippen molar-refractivity contribution in [2.24, 2.45) is 11.8 Å². The van der Waals surface area contributed by atoms with E-state index in [1.807, 2.05) is 0 Å². The molecule has 0 aromatic rings. The smallest absolute Gasteiger partial charge is 0.0155 e. The molecule has 0 bridgehead atoms. The SMILES string of the molecule is CC(CN1CCNCC1)C(C1CCCC1)N(C)C. The Kier molecular flexibility index (Phi) is 5.46. The Morgan fingerprint density at radius 2 is 1.78 bits per heavy atom. The van der Waals surface area contributed by atoms with Crippen LogP contribution in [0.15, 0.2) is 0 Å². The van der Waals surface area contributed by atoms with Gasteiger partial charge in [-0.1, -0.05) is 19.8 Å². The van der Waals surface area contributed by atoms with E-state index in [1.54, 1.807) is 0 Å². The van der Waals surface area contributed by atoms with Crippen molar-refractivity contribution in [3.05, 3.63) is 0 Å². The van der Waals surface area contributed by atoms with Crippen LogP contribution < -0.4 is 5.32 Å². The molecule has 2 unspecified atom stereocenters. The monoisotopic (exact) mass is 253 g/mol. The molecule has 106 valence electrons. The molecule has 1 aliphatic heterocycles. The van der Waals surface area contributed by atoms with Gasteiger partial charge in [0.05, 0.1) is 0 Å². The predicted octanol–water partition coefficient (Wildman–Crippen LogP) is 1.65. The molecule has 3 nitrogen and oxygen atoms in total. The van der Waals surface area contributed by atoms with E-state index >= 15 is 0 Å². The number of nitrogens with zero attached hydrogens (tertiary/aromatic N) is 2. The van der Waals surface area contributed by atoms with Crippen LogP contribution in [0.5, 0.6) is 0 Å². The maximum atomic E-state index is 3.44. The van der Waals surface area contributed by atoms with Gasteiger partial charge in [0, 0.05) is 38.8 Å². The first-order chi connectivity index (χ1) is 8.68. The molecule has 0 aromatic heterocycles. The lowest BCUT2D eigenvalue weighted by molar-refractivity contribution is 0.109. The Balaban J connectivity index is 1.88. The van der Waals surface area contributed by atoms with E-state index in [1.165, 1.54) is 58.4 Å². The Morgan fingerprint density at radius 3 is 2.33 bits per heavy atom. The van der Waals surface area contributed by atoms with E-state index in [0.717, 1.165) is 17.9 Å². The summed E-state index contributed by atoms with van der Waals surface area (Å²) in [5, 5.41) is 3.44. The van der Waals surface area contributed by atoms with Crippen LogP contribution in [-0.2, 0) is 0 Å². The maximum absolute atomic E-state index is 3.44. The van der Waals surface area contributed by atoms with Gasteiger partial charge in [-0.3, -0.25) is 0 Å². The summed E-state index contributed by atoms with van der Waals surface area (Å²) in [6, 6.07) is 0.780. The highest BCUT2D eigenvalue weighted by atomic mass is 15.2. The van der Waals surface area contributed by atoms with Crippen LogP contribution >= 0.6 is 0 Å². The first-order valence-electron chi connectivity index (χ1n) is 7.78. The third-order valence-corrected chi connectivity index (χ3v) is 4.82. The molecule has 2 rings (SSSR count). The third kappa shape index (κ3) is 3.69. The van der Waals surface area contributed by atoms with E-state index in [4.69, 9.17) is 0 Å². The zero-order valence-electron chi connectivity index (χ0n) is 12.5. The second-order valence-corrected chi connectivity index (χ2v) is 6.53. The summed E-state index contributed by atoms with van der Waals surface area (Å²) in [5.41, 5.74) is 0. The van der Waals surface area contributed by atoms with Gasteiger partial charge >= 0.3 is 0 Å². The highest BCUT2D eigenvalue weighted by Gasteiger charge is 2.31. The molecule has 2 atom stereocenters. The average molecular weight is 253 g/mol. The van der Waals surface area contributed by atoms with Crippen LogP contribution in [0.25, 0.3) is 0 Å². The quantitative estimate of drug-likeness (QED) is 0.804. The first-order valence-corrected chi connectivity index (χ1v) is 7.78. The zero-order valence-corrected chi connectivity index (χ0v) is 12.5. The van der Waals surface area contributed by atoms with Crippen molar-refractivity contribution in [3.8, 4) is 0 Å². The first kappa shape index (κ1) is 14.3. The van der Waals surface area contributed by atoms with Crippen molar-refractivity contribution >= 4 is 0 Å². The topological polar surface area (TPSA) is 18.5 Å². The lowest BCUT2D eigenvalue weighted by Crippen LogP contribution is -2.49. The summed E-state index contributed by atoms with van der Waals surface area (Å²) in [6.07, 6.45) is 5.81. The lowest BCUT2D eigenvalue weighted by atomic mass is 9.86. The number of piperazine rings is 1. The molecule has 0 aromatic carbocycles. The number of nitrogens with one attached hydrogen (secondary N) is 1. The van der Waals surface area contributed by atoms with Crippen molar-refractivity contribution in [1.82, 2.24) is 15.1 Å². The van der Waals surface area contributed by atoms with Crippen molar-refractivity contribution in [2.45, 2.75) is 38.6 Å². The van der Waals surface area contributed by atoms with Crippen molar-refractivity contribution < 1.29 is 0 Å². The second kappa shape index (κ2) is 6.88. The molecular formula is C15H31N3. The zero-order chi connectivity index (χ0) is 13.0. The Bertz CT molecular complexity index is 230. The molecule has 2 fully saturated rings. The van der Waals surface area contributed by atoms with Crippen molar-refractivity contribution in [1.29, 1.82) is 0 Å². The minimum absolute atomic E-state index is 0.780. The molecule has 1 N–H and O–H groups in total. The van der Waals surface area contributed by atoms with Gasteiger partial charge in [0.1, 0.15) is 0 Å². The third-order valence-electron chi connectivity index (χ3n) is 4.82. The van der Waals surface area contributed by atoms with E-state index in [-0.39, 0.29) is 0 Å². The second-order valence-electron chi connectivity index (χ2n) is 6.53. The van der Waals surface area contributed by atoms with Gasteiger partial charge in [-0.2, -0.15) is 0 Å². The largest absolute Gasteiger partial charge is 0.314 e. The molecule has 1 heterocycles. The van der Waals surface area contributed by atoms with Gasteiger partial charge in [0.2, 0.25) is 0 Å². The van der Waals surface area contributed by atoms with Gasteiger partial charge in [0.25, 0.3) is 0 Å². The number of hydrogen-bond donors (Lipinski definition) is 1. The van der Waals surface area contributed by atoms with E-state index < -0.39 is 0 Å². The normalized spacial score (nSPS) is 26.7. The number of hydrogen-bond acceptors (Lipinski definition) is 3. The summed E-state index contributed by atoms with van der Waals surface area (Å²) in [5.74, 6) is 1.74. The molecule has 0 spiro atoms. The molecule has 3 heteroatoms. The Morgan fingerprint density at radius 1 is 1.17 bits per heavy atom. The average Bonchev–Trinajstić information content (AvgIpc) is 2.83. The molecular weight excluding hydrogens is 222 g/mol. The van der Waals surface area contributed by atoms with Gasteiger partial charge in [0.15, 0.2) is 0 Å². The van der Waals surface area contributed by atoms with Crippen LogP contribution in [0.1, 0.15) is 32.6 Å². The van der Waals surface area contributed by atoms with E-state index in [2.05, 4.69) is 36.1 Å². The Hall–Kier alpha value is -0.120. The molecule has 0 radical (unpaired) electrons. The summed E-state index contributed by atoms with van der Waals surface area (Å²) in [7, 11) is 4.55. The minimum atomic E-state index is 0.780. The molecule has 2 aliphatic rings. The summed E-state index contributed by atoms with van der Waals surface area (Å²) in [4.78, 5) is 5.13. The fraction of sp³-hybridized carbons (Fsp3) is 1.00. The highest BCUT2D eigenvalue weighted by Crippen LogP contribution is 2.33. The fourth-order valence-corrected chi connectivity index (χ4v) is 4.10.